The molecule has 2 fully saturated rings. The average molecular weight is 300 g/mol. The van der Waals surface area contributed by atoms with Crippen LogP contribution in [0.5, 0.6) is 0 Å². The molecule has 2 aromatic rings. The summed E-state index contributed by atoms with van der Waals surface area (Å²) < 4.78 is 3.68. The maximum absolute atomic E-state index is 12.7. The SMILES string of the molecule is Cn1cc([C@@H]2C[C@@H]2C(=O)N2CCC[C@H](n3cncn3)C2)cn1. The number of carbonyl (C=O) groups is 1. The van der Waals surface area contributed by atoms with Crippen molar-refractivity contribution in [1.29, 1.82) is 0 Å². The first kappa shape index (κ1) is 13.5. The summed E-state index contributed by atoms with van der Waals surface area (Å²) in [4.78, 5) is 18.7. The van der Waals surface area contributed by atoms with Gasteiger partial charge in [0.15, 0.2) is 0 Å². The molecule has 0 unspecified atom stereocenters. The van der Waals surface area contributed by atoms with Gasteiger partial charge in [0.05, 0.1) is 12.2 Å². The van der Waals surface area contributed by atoms with Gasteiger partial charge in [0.25, 0.3) is 0 Å². The van der Waals surface area contributed by atoms with E-state index < -0.39 is 0 Å². The van der Waals surface area contributed by atoms with Gasteiger partial charge in [-0.3, -0.25) is 9.48 Å². The second-order valence-electron chi connectivity index (χ2n) is 6.35. The minimum Gasteiger partial charge on any atom is -0.340 e. The summed E-state index contributed by atoms with van der Waals surface area (Å²) in [7, 11) is 1.91. The van der Waals surface area contributed by atoms with Gasteiger partial charge in [0.1, 0.15) is 12.7 Å². The van der Waals surface area contributed by atoms with E-state index in [0.29, 0.717) is 11.8 Å². The molecular weight excluding hydrogens is 280 g/mol. The second-order valence-corrected chi connectivity index (χ2v) is 6.35. The van der Waals surface area contributed by atoms with E-state index in [9.17, 15) is 4.79 Å². The highest BCUT2D eigenvalue weighted by molar-refractivity contribution is 5.83. The van der Waals surface area contributed by atoms with Crippen LogP contribution in [0.15, 0.2) is 25.0 Å². The topological polar surface area (TPSA) is 68.8 Å². The molecule has 0 aromatic carbocycles. The third kappa shape index (κ3) is 2.40. The molecular formula is C15H20N6O. The molecule has 0 N–H and O–H groups in total. The zero-order chi connectivity index (χ0) is 15.1. The first-order chi connectivity index (χ1) is 10.7. The molecule has 3 heterocycles. The zero-order valence-electron chi connectivity index (χ0n) is 12.7. The van der Waals surface area contributed by atoms with E-state index >= 15 is 0 Å². The standard InChI is InChI=1S/C15H20N6O/c1-19-7-11(6-17-19)13-5-14(13)15(22)20-4-2-3-12(8-20)21-10-16-9-18-21/h6-7,9-10,12-14H,2-5,8H2,1H3/t12-,13-,14-/m0/s1. The molecule has 1 saturated heterocycles. The second kappa shape index (κ2) is 5.23. The summed E-state index contributed by atoms with van der Waals surface area (Å²) in [5.74, 6) is 0.783. The monoisotopic (exact) mass is 300 g/mol. The molecule has 7 nitrogen and oxygen atoms in total. The fraction of sp³-hybridized carbons (Fsp3) is 0.600. The van der Waals surface area contributed by atoms with E-state index in [1.165, 1.54) is 5.56 Å². The Balaban J connectivity index is 1.41. The van der Waals surface area contributed by atoms with Crippen molar-refractivity contribution in [2.75, 3.05) is 13.1 Å². The number of amides is 1. The summed E-state index contributed by atoms with van der Waals surface area (Å²) in [6.45, 7) is 1.61. The van der Waals surface area contributed by atoms with Gasteiger partial charge in [-0.25, -0.2) is 9.67 Å². The van der Waals surface area contributed by atoms with E-state index in [0.717, 1.165) is 32.4 Å². The Bertz CT molecular complexity index is 663. The highest BCUT2D eigenvalue weighted by atomic mass is 16.2. The van der Waals surface area contributed by atoms with Gasteiger partial charge in [-0.15, -0.1) is 0 Å². The molecule has 4 rings (SSSR count). The molecule has 1 amide bonds. The van der Waals surface area contributed by atoms with Gasteiger partial charge < -0.3 is 4.90 Å². The number of nitrogens with zero attached hydrogens (tertiary/aromatic N) is 6. The molecule has 116 valence electrons. The van der Waals surface area contributed by atoms with Gasteiger partial charge in [-0.05, 0) is 30.7 Å². The third-order valence-electron chi connectivity index (χ3n) is 4.78. The normalized spacial score (nSPS) is 27.9. The molecule has 0 radical (unpaired) electrons. The van der Waals surface area contributed by atoms with Crippen LogP contribution < -0.4 is 0 Å². The fourth-order valence-electron chi connectivity index (χ4n) is 3.48. The van der Waals surface area contributed by atoms with E-state index in [1.807, 2.05) is 29.0 Å². The molecule has 22 heavy (non-hydrogen) atoms. The summed E-state index contributed by atoms with van der Waals surface area (Å²) in [5.41, 5.74) is 1.19. The summed E-state index contributed by atoms with van der Waals surface area (Å²) >= 11 is 0. The van der Waals surface area contributed by atoms with Crippen LogP contribution in [-0.2, 0) is 11.8 Å². The molecule has 1 aliphatic heterocycles. The van der Waals surface area contributed by atoms with Crippen LogP contribution in [0.4, 0.5) is 0 Å². The van der Waals surface area contributed by atoms with Crippen molar-refractivity contribution in [3.05, 3.63) is 30.6 Å². The number of hydrogen-bond acceptors (Lipinski definition) is 4. The van der Waals surface area contributed by atoms with Crippen LogP contribution in [0.2, 0.25) is 0 Å². The van der Waals surface area contributed by atoms with Crippen molar-refractivity contribution in [3.63, 3.8) is 0 Å². The zero-order valence-corrected chi connectivity index (χ0v) is 12.7. The van der Waals surface area contributed by atoms with Crippen molar-refractivity contribution in [2.45, 2.75) is 31.2 Å². The highest BCUT2D eigenvalue weighted by Gasteiger charge is 2.47. The fourth-order valence-corrected chi connectivity index (χ4v) is 3.48. The lowest BCUT2D eigenvalue weighted by atomic mass is 10.0. The highest BCUT2D eigenvalue weighted by Crippen LogP contribution is 2.48. The van der Waals surface area contributed by atoms with Gasteiger partial charge in [0.2, 0.25) is 5.91 Å². The Kier molecular flexibility index (Phi) is 3.20. The van der Waals surface area contributed by atoms with Crippen LogP contribution in [0.1, 0.15) is 36.8 Å². The van der Waals surface area contributed by atoms with E-state index in [2.05, 4.69) is 15.2 Å². The van der Waals surface area contributed by atoms with Crippen molar-refractivity contribution in [1.82, 2.24) is 29.4 Å². The van der Waals surface area contributed by atoms with Gasteiger partial charge in [-0.2, -0.15) is 10.2 Å². The predicted octanol–water partition coefficient (Wildman–Crippen LogP) is 0.979. The number of carbonyl (C=O) groups excluding carboxylic acids is 1. The third-order valence-corrected chi connectivity index (χ3v) is 4.78. The van der Waals surface area contributed by atoms with Crippen molar-refractivity contribution in [2.24, 2.45) is 13.0 Å². The Labute approximate surface area is 128 Å². The van der Waals surface area contributed by atoms with Crippen molar-refractivity contribution < 1.29 is 4.79 Å². The number of piperidine rings is 1. The van der Waals surface area contributed by atoms with Gasteiger partial charge in [-0.1, -0.05) is 0 Å². The molecule has 0 spiro atoms. The maximum Gasteiger partial charge on any atom is 0.226 e. The Morgan fingerprint density at radius 1 is 1.36 bits per heavy atom. The first-order valence-corrected chi connectivity index (χ1v) is 7.84. The number of rotatable bonds is 3. The van der Waals surface area contributed by atoms with Crippen molar-refractivity contribution >= 4 is 5.91 Å². The number of aryl methyl sites for hydroxylation is 1. The minimum absolute atomic E-state index is 0.138. The van der Waals surface area contributed by atoms with Crippen molar-refractivity contribution in [3.8, 4) is 0 Å². The molecule has 0 bridgehead atoms. The van der Waals surface area contributed by atoms with Crippen LogP contribution >= 0.6 is 0 Å². The van der Waals surface area contributed by atoms with Gasteiger partial charge in [0, 0.05) is 32.3 Å². The van der Waals surface area contributed by atoms with E-state index in [-0.39, 0.29) is 12.0 Å². The Hall–Kier alpha value is -2.18. The summed E-state index contributed by atoms with van der Waals surface area (Å²) in [5, 5.41) is 8.42. The summed E-state index contributed by atoms with van der Waals surface area (Å²) in [6.07, 6.45) is 10.2. The number of likely N-dealkylation sites (tertiary alicyclic amines) is 1. The minimum atomic E-state index is 0.138. The van der Waals surface area contributed by atoms with Crippen LogP contribution in [-0.4, -0.2) is 48.4 Å². The number of aromatic nitrogens is 5. The molecule has 2 aromatic heterocycles. The summed E-state index contributed by atoms with van der Waals surface area (Å²) in [6, 6.07) is 0.260. The molecule has 2 aliphatic rings. The molecule has 3 atom stereocenters. The first-order valence-electron chi connectivity index (χ1n) is 7.84. The van der Waals surface area contributed by atoms with Crippen LogP contribution in [0.25, 0.3) is 0 Å². The Morgan fingerprint density at radius 2 is 2.27 bits per heavy atom. The smallest absolute Gasteiger partial charge is 0.226 e. The quantitative estimate of drug-likeness (QED) is 0.847. The average Bonchev–Trinajstić information content (AvgIpc) is 2.95. The lowest BCUT2D eigenvalue weighted by Crippen LogP contribution is -2.41. The maximum atomic E-state index is 12.7. The molecule has 1 aliphatic carbocycles. The van der Waals surface area contributed by atoms with Gasteiger partial charge >= 0.3 is 0 Å². The largest absolute Gasteiger partial charge is 0.340 e. The molecule has 1 saturated carbocycles. The Morgan fingerprint density at radius 3 is 3.00 bits per heavy atom. The van der Waals surface area contributed by atoms with E-state index in [1.54, 1.807) is 17.3 Å². The lowest BCUT2D eigenvalue weighted by Gasteiger charge is -2.32. The predicted molar refractivity (Wildman–Crippen MR) is 78.9 cm³/mol. The lowest BCUT2D eigenvalue weighted by molar-refractivity contribution is -0.134. The number of hydrogen-bond donors (Lipinski definition) is 0. The van der Waals surface area contributed by atoms with Crippen LogP contribution in [0.3, 0.4) is 0 Å². The van der Waals surface area contributed by atoms with Crippen LogP contribution in [0, 0.1) is 5.92 Å². The molecule has 7 heteroatoms. The van der Waals surface area contributed by atoms with E-state index in [4.69, 9.17) is 0 Å².